The Kier molecular flexibility index (Phi) is 5.56. The first-order valence-electron chi connectivity index (χ1n) is 5.67. The van der Waals surface area contributed by atoms with Gasteiger partial charge in [0.25, 0.3) is 0 Å². The Morgan fingerprint density at radius 2 is 2.05 bits per heavy atom. The second kappa shape index (κ2) is 6.95. The molecule has 0 radical (unpaired) electrons. The Morgan fingerprint density at radius 3 is 2.57 bits per heavy atom. The molecule has 1 rings (SSSR count). The number of carbonyl (C=O) groups is 2. The summed E-state index contributed by atoms with van der Waals surface area (Å²) in [5.41, 5.74) is 0.195. The van der Waals surface area contributed by atoms with Crippen LogP contribution in [0, 0.1) is 5.82 Å². The monoisotopic (exact) mass is 316 g/mol. The van der Waals surface area contributed by atoms with E-state index in [-0.39, 0.29) is 5.56 Å². The van der Waals surface area contributed by atoms with Gasteiger partial charge in [-0.2, -0.15) is 0 Å². The summed E-state index contributed by atoms with van der Waals surface area (Å²) in [6, 6.07) is 3.12. The van der Waals surface area contributed by atoms with Crippen molar-refractivity contribution in [1.29, 1.82) is 0 Å². The molecule has 0 unspecified atom stereocenters. The first kappa shape index (κ1) is 16.8. The first-order chi connectivity index (χ1) is 9.76. The summed E-state index contributed by atoms with van der Waals surface area (Å²) in [6.07, 6.45) is 1.92. The summed E-state index contributed by atoms with van der Waals surface area (Å²) in [5.74, 6) is -2.83. The van der Waals surface area contributed by atoms with Gasteiger partial charge in [0, 0.05) is 13.1 Å². The number of nitrogens with one attached hydrogen (secondary N) is 2. The maximum absolute atomic E-state index is 13.8. The number of carboxylic acids is 1. The molecule has 1 aromatic carbocycles. The van der Waals surface area contributed by atoms with Crippen LogP contribution in [0.2, 0.25) is 0 Å². The minimum absolute atomic E-state index is 0.195. The number of hydrogen-bond donors (Lipinski definition) is 3. The van der Waals surface area contributed by atoms with Crippen LogP contribution < -0.4 is 10.0 Å². The van der Waals surface area contributed by atoms with Gasteiger partial charge in [-0.1, -0.05) is 6.07 Å². The fourth-order valence-corrected chi connectivity index (χ4v) is 2.37. The number of likely N-dealkylation sites (N-methyl/N-ethyl adjacent to an activating group) is 1. The zero-order valence-corrected chi connectivity index (χ0v) is 11.8. The molecule has 0 bridgehead atoms. The third-order valence-corrected chi connectivity index (χ3v) is 3.80. The number of aliphatic carboxylic acids is 1. The zero-order valence-electron chi connectivity index (χ0n) is 11.0. The normalized spacial score (nSPS) is 11.5. The van der Waals surface area contributed by atoms with Crippen LogP contribution in [0.4, 0.5) is 4.39 Å². The molecule has 114 valence electrons. The first-order valence-corrected chi connectivity index (χ1v) is 7.15. The average molecular weight is 316 g/mol. The average Bonchev–Trinajstić information content (AvgIpc) is 2.42. The summed E-state index contributed by atoms with van der Waals surface area (Å²) >= 11 is 0. The summed E-state index contributed by atoms with van der Waals surface area (Å²) in [6.45, 7) is -0.515. The molecule has 0 aliphatic rings. The topological polar surface area (TPSA) is 113 Å². The van der Waals surface area contributed by atoms with Crippen LogP contribution in [0.15, 0.2) is 29.2 Å². The van der Waals surface area contributed by atoms with Crippen LogP contribution in [-0.2, 0) is 19.6 Å². The Hall–Kier alpha value is -2.26. The zero-order chi connectivity index (χ0) is 16.0. The summed E-state index contributed by atoms with van der Waals surface area (Å²) in [5, 5.41) is 10.7. The fourth-order valence-electron chi connectivity index (χ4n) is 1.33. The van der Waals surface area contributed by atoms with Crippen LogP contribution in [0.3, 0.4) is 0 Å². The number of amides is 1. The van der Waals surface area contributed by atoms with Gasteiger partial charge in [-0.3, -0.25) is 4.79 Å². The lowest BCUT2D eigenvalue weighted by atomic mass is 10.2. The molecule has 0 aliphatic carbocycles. The molecule has 0 saturated heterocycles. The van der Waals surface area contributed by atoms with E-state index in [1.54, 1.807) is 0 Å². The fraction of sp³-hybridized carbons (Fsp3) is 0.167. The molecule has 1 aromatic rings. The molecular formula is C12H13FN2O5S. The van der Waals surface area contributed by atoms with Crippen molar-refractivity contribution in [3.8, 4) is 0 Å². The predicted octanol–water partition coefficient (Wildman–Crippen LogP) is -0.0522. The van der Waals surface area contributed by atoms with Crippen LogP contribution in [0.1, 0.15) is 5.56 Å². The van der Waals surface area contributed by atoms with E-state index >= 15 is 0 Å². The second-order valence-corrected chi connectivity index (χ2v) is 5.59. The Labute approximate surface area is 120 Å². The number of sulfonamides is 1. The molecule has 3 N–H and O–H groups in total. The Bertz CT molecular complexity index is 685. The largest absolute Gasteiger partial charge is 0.478 e. The molecule has 0 heterocycles. The summed E-state index contributed by atoms with van der Waals surface area (Å²) in [4.78, 5) is 20.7. The van der Waals surface area contributed by atoms with Gasteiger partial charge in [0.1, 0.15) is 10.7 Å². The second-order valence-electron chi connectivity index (χ2n) is 3.86. The van der Waals surface area contributed by atoms with Crippen molar-refractivity contribution in [3.63, 3.8) is 0 Å². The van der Waals surface area contributed by atoms with Crippen LogP contribution in [-0.4, -0.2) is 39.0 Å². The highest BCUT2D eigenvalue weighted by Crippen LogP contribution is 2.16. The van der Waals surface area contributed by atoms with Crippen LogP contribution >= 0.6 is 0 Å². The van der Waals surface area contributed by atoms with E-state index in [4.69, 9.17) is 5.11 Å². The molecule has 0 fully saturated rings. The van der Waals surface area contributed by atoms with E-state index in [0.29, 0.717) is 0 Å². The summed E-state index contributed by atoms with van der Waals surface area (Å²) < 4.78 is 39.3. The Morgan fingerprint density at radius 1 is 1.38 bits per heavy atom. The van der Waals surface area contributed by atoms with Gasteiger partial charge in [-0.05, 0) is 23.8 Å². The molecule has 0 saturated carbocycles. The third-order valence-electron chi connectivity index (χ3n) is 2.37. The van der Waals surface area contributed by atoms with Gasteiger partial charge in [-0.25, -0.2) is 22.3 Å². The maximum Gasteiger partial charge on any atom is 0.328 e. The van der Waals surface area contributed by atoms with E-state index in [9.17, 15) is 22.4 Å². The molecule has 9 heteroatoms. The van der Waals surface area contributed by atoms with Crippen molar-refractivity contribution < 1.29 is 27.5 Å². The molecule has 0 atom stereocenters. The number of carboxylic acid groups (broad SMARTS) is 1. The van der Waals surface area contributed by atoms with Crippen molar-refractivity contribution in [2.24, 2.45) is 0 Å². The number of hydrogen-bond acceptors (Lipinski definition) is 4. The molecule has 0 spiro atoms. The quantitative estimate of drug-likeness (QED) is 0.637. The number of carbonyl (C=O) groups excluding carboxylic acids is 1. The molecule has 21 heavy (non-hydrogen) atoms. The lowest BCUT2D eigenvalue weighted by Crippen LogP contribution is -2.35. The van der Waals surface area contributed by atoms with E-state index < -0.39 is 39.2 Å². The SMILES string of the molecule is CNC(=O)CNS(=O)(=O)c1ccc(/C=C/C(=O)O)cc1F. The Balaban J connectivity index is 2.98. The van der Waals surface area contributed by atoms with Crippen molar-refractivity contribution in [2.75, 3.05) is 13.6 Å². The van der Waals surface area contributed by atoms with E-state index in [1.807, 2.05) is 4.72 Å². The lowest BCUT2D eigenvalue weighted by molar-refractivity contribution is -0.131. The van der Waals surface area contributed by atoms with Crippen molar-refractivity contribution >= 4 is 28.0 Å². The highest BCUT2D eigenvalue weighted by Gasteiger charge is 2.19. The summed E-state index contributed by atoms with van der Waals surface area (Å²) in [7, 11) is -2.84. The van der Waals surface area contributed by atoms with Gasteiger partial charge in [0.2, 0.25) is 15.9 Å². The van der Waals surface area contributed by atoms with Gasteiger partial charge in [0.05, 0.1) is 6.54 Å². The standard InChI is InChI=1S/C12H13FN2O5S/c1-14-11(16)7-15-21(19,20)10-4-2-8(6-9(10)13)3-5-12(17)18/h2-6,15H,7H2,1H3,(H,14,16)(H,17,18)/b5-3+. The third kappa shape index (κ3) is 4.97. The molecule has 0 aliphatic heterocycles. The molecule has 7 nitrogen and oxygen atoms in total. The number of benzene rings is 1. The van der Waals surface area contributed by atoms with E-state index in [2.05, 4.69) is 5.32 Å². The van der Waals surface area contributed by atoms with Gasteiger partial charge in [0.15, 0.2) is 0 Å². The van der Waals surface area contributed by atoms with Crippen molar-refractivity contribution in [3.05, 3.63) is 35.7 Å². The number of rotatable bonds is 6. The predicted molar refractivity (Wildman–Crippen MR) is 72.3 cm³/mol. The van der Waals surface area contributed by atoms with Crippen molar-refractivity contribution in [2.45, 2.75) is 4.90 Å². The highest BCUT2D eigenvalue weighted by atomic mass is 32.2. The van der Waals surface area contributed by atoms with E-state index in [0.717, 1.165) is 24.3 Å². The van der Waals surface area contributed by atoms with E-state index in [1.165, 1.54) is 13.1 Å². The number of halogens is 1. The minimum atomic E-state index is -4.17. The van der Waals surface area contributed by atoms with Crippen LogP contribution in [0.25, 0.3) is 6.08 Å². The highest BCUT2D eigenvalue weighted by molar-refractivity contribution is 7.89. The molecular weight excluding hydrogens is 303 g/mol. The molecule has 1 amide bonds. The minimum Gasteiger partial charge on any atom is -0.478 e. The van der Waals surface area contributed by atoms with Gasteiger partial charge < -0.3 is 10.4 Å². The van der Waals surface area contributed by atoms with Crippen molar-refractivity contribution in [1.82, 2.24) is 10.0 Å². The maximum atomic E-state index is 13.8. The lowest BCUT2D eigenvalue weighted by Gasteiger charge is -2.07. The van der Waals surface area contributed by atoms with Gasteiger partial charge in [-0.15, -0.1) is 0 Å². The van der Waals surface area contributed by atoms with Crippen LogP contribution in [0.5, 0.6) is 0 Å². The van der Waals surface area contributed by atoms with Gasteiger partial charge >= 0.3 is 5.97 Å². The molecule has 0 aromatic heterocycles. The smallest absolute Gasteiger partial charge is 0.328 e.